The summed E-state index contributed by atoms with van der Waals surface area (Å²) < 4.78 is 21.0. The molecule has 0 bridgehead atoms. The van der Waals surface area contributed by atoms with Gasteiger partial charge in [0.25, 0.3) is 5.56 Å². The first-order valence-corrected chi connectivity index (χ1v) is 6.98. The molecule has 1 rings (SSSR count). The predicted octanol–water partition coefficient (Wildman–Crippen LogP) is 2.43. The molecular weight excluding hydrogens is 264 g/mol. The summed E-state index contributed by atoms with van der Waals surface area (Å²) >= 11 is 1.24. The monoisotopic (exact) mass is 286 g/mol. The van der Waals surface area contributed by atoms with Gasteiger partial charge in [-0.3, -0.25) is 4.79 Å². The minimum absolute atomic E-state index is 0.133. The first kappa shape index (κ1) is 12.6. The molecule has 0 saturated carbocycles. The molecule has 0 unspecified atom stereocenters. The van der Waals surface area contributed by atoms with Crippen LogP contribution in [0.15, 0.2) is 15.8 Å². The fourth-order valence-electron chi connectivity index (χ4n) is 1.35. The number of aromatic amines is 1. The molecule has 19 heavy (non-hydrogen) atoms. The van der Waals surface area contributed by atoms with Gasteiger partial charge in [0.15, 0.2) is 0 Å². The zero-order chi connectivity index (χ0) is 16.4. The maximum absolute atomic E-state index is 12.0. The van der Waals surface area contributed by atoms with Gasteiger partial charge in [-0.05, 0) is 40.0 Å². The third-order valence-electron chi connectivity index (χ3n) is 2.04. The molecule has 2 N–H and O–H groups in total. The van der Waals surface area contributed by atoms with Gasteiger partial charge in [0.2, 0.25) is 0 Å². The van der Waals surface area contributed by atoms with E-state index >= 15 is 0 Å². The van der Waals surface area contributed by atoms with E-state index < -0.39 is 23.8 Å². The van der Waals surface area contributed by atoms with Crippen molar-refractivity contribution in [2.75, 3.05) is 6.26 Å². The maximum Gasteiger partial charge on any atom is 0.407 e. The van der Waals surface area contributed by atoms with Gasteiger partial charge in [-0.2, -0.15) is 0 Å². The van der Waals surface area contributed by atoms with Crippen molar-refractivity contribution >= 4 is 17.9 Å². The quantitative estimate of drug-likeness (QED) is 0.837. The Bertz CT molecular complexity index is 594. The van der Waals surface area contributed by atoms with E-state index in [9.17, 15) is 9.59 Å². The van der Waals surface area contributed by atoms with Gasteiger partial charge in [0, 0.05) is 10.6 Å². The summed E-state index contributed by atoms with van der Waals surface area (Å²) in [5, 5.41) is 2.10. The van der Waals surface area contributed by atoms with Crippen LogP contribution in [0.5, 0.6) is 0 Å². The van der Waals surface area contributed by atoms with Crippen molar-refractivity contribution in [3.8, 4) is 0 Å². The lowest BCUT2D eigenvalue weighted by molar-refractivity contribution is 0.0523. The van der Waals surface area contributed by atoms with Gasteiger partial charge in [0.1, 0.15) is 5.60 Å². The van der Waals surface area contributed by atoms with E-state index in [-0.39, 0.29) is 5.56 Å². The van der Waals surface area contributed by atoms with E-state index in [2.05, 4.69) is 10.3 Å². The molecule has 1 heterocycles. The molecule has 0 aliphatic rings. The Morgan fingerprint density at radius 3 is 2.74 bits per heavy atom. The topological polar surface area (TPSA) is 71.2 Å². The summed E-state index contributed by atoms with van der Waals surface area (Å²) in [7, 11) is 0. The molecule has 1 amide bonds. The van der Waals surface area contributed by atoms with Crippen LogP contribution in [-0.4, -0.2) is 22.9 Å². The fourth-order valence-corrected chi connectivity index (χ4v) is 2.00. The van der Waals surface area contributed by atoms with Crippen molar-refractivity contribution in [2.45, 2.75) is 44.7 Å². The van der Waals surface area contributed by atoms with Crippen molar-refractivity contribution in [1.82, 2.24) is 10.3 Å². The summed E-state index contributed by atoms with van der Waals surface area (Å²) in [6, 6.07) is 1.66. The first-order chi connectivity index (χ1) is 9.46. The number of thioether (sulfide) groups is 1. The highest BCUT2D eigenvalue weighted by atomic mass is 32.2. The molecule has 0 fully saturated rings. The average Bonchev–Trinajstić information content (AvgIpc) is 2.23. The maximum atomic E-state index is 12.0. The Hall–Kier alpha value is -1.43. The standard InChI is InChI=1S/C13H20N2O3S/c1-8-6-10(19-5)9(11(16)15-8)7-14-12(17)18-13(2,3)4/h6H,7H2,1-5H3,(H,14,17)(H,15,16)/i7D2. The number of H-pyrrole nitrogens is 1. The molecular formula is C13H20N2O3S. The Labute approximate surface area is 119 Å². The fraction of sp³-hybridized carbons (Fsp3) is 0.538. The molecule has 0 aliphatic carbocycles. The van der Waals surface area contributed by atoms with Crippen molar-refractivity contribution in [1.29, 1.82) is 0 Å². The Morgan fingerprint density at radius 1 is 1.58 bits per heavy atom. The van der Waals surface area contributed by atoms with Crippen molar-refractivity contribution in [3.63, 3.8) is 0 Å². The van der Waals surface area contributed by atoms with Gasteiger partial charge in [-0.1, -0.05) is 0 Å². The summed E-state index contributed by atoms with van der Waals surface area (Å²) in [4.78, 5) is 26.8. The molecule has 0 radical (unpaired) electrons. The zero-order valence-electron chi connectivity index (χ0n) is 13.7. The van der Waals surface area contributed by atoms with E-state index in [0.29, 0.717) is 10.6 Å². The molecule has 0 aromatic carbocycles. The minimum atomic E-state index is -2.33. The van der Waals surface area contributed by atoms with Crippen LogP contribution in [-0.2, 0) is 11.2 Å². The number of nitrogens with one attached hydrogen (secondary N) is 2. The molecule has 1 aromatic rings. The largest absolute Gasteiger partial charge is 0.444 e. The molecule has 5 nitrogen and oxygen atoms in total. The second kappa shape index (κ2) is 6.14. The van der Waals surface area contributed by atoms with Crippen molar-refractivity contribution in [3.05, 3.63) is 27.7 Å². The highest BCUT2D eigenvalue weighted by Gasteiger charge is 2.17. The van der Waals surface area contributed by atoms with Crippen LogP contribution in [0.1, 0.15) is 34.8 Å². The van der Waals surface area contributed by atoms with Crippen molar-refractivity contribution in [2.24, 2.45) is 0 Å². The predicted molar refractivity (Wildman–Crippen MR) is 76.7 cm³/mol. The lowest BCUT2D eigenvalue weighted by Gasteiger charge is -2.19. The summed E-state index contributed by atoms with van der Waals surface area (Å²) in [6.45, 7) is 4.40. The number of hydrogen-bond donors (Lipinski definition) is 2. The molecule has 0 saturated heterocycles. The van der Waals surface area contributed by atoms with Crippen LogP contribution < -0.4 is 10.9 Å². The lowest BCUT2D eigenvalue weighted by atomic mass is 10.2. The molecule has 0 spiro atoms. The van der Waals surface area contributed by atoms with Gasteiger partial charge in [-0.15, -0.1) is 11.8 Å². The summed E-state index contributed by atoms with van der Waals surface area (Å²) in [6.07, 6.45) is 0.820. The molecule has 106 valence electrons. The van der Waals surface area contributed by atoms with Crippen LogP contribution in [0.2, 0.25) is 0 Å². The Morgan fingerprint density at radius 2 is 2.21 bits per heavy atom. The van der Waals surface area contributed by atoms with Crippen molar-refractivity contribution < 1.29 is 12.3 Å². The highest BCUT2D eigenvalue weighted by Crippen LogP contribution is 2.17. The Kier molecular flexibility index (Phi) is 4.07. The van der Waals surface area contributed by atoms with Gasteiger partial charge >= 0.3 is 6.09 Å². The SMILES string of the molecule is [2H]C([2H])(NC(=O)OC(C)(C)C)c1c(SC)cc(C)[nH]c1=O. The smallest absolute Gasteiger partial charge is 0.407 e. The van der Waals surface area contributed by atoms with Crippen LogP contribution in [0, 0.1) is 6.92 Å². The Balaban J connectivity index is 3.14. The average molecular weight is 286 g/mol. The zero-order valence-corrected chi connectivity index (χ0v) is 12.5. The molecule has 1 aromatic heterocycles. The number of ether oxygens (including phenoxy) is 1. The third kappa shape index (κ3) is 4.98. The number of alkyl carbamates (subject to hydrolysis) is 1. The van der Waals surface area contributed by atoms with E-state index in [4.69, 9.17) is 7.48 Å². The number of rotatable bonds is 3. The second-order valence-electron chi connectivity index (χ2n) is 4.98. The summed E-state index contributed by atoms with van der Waals surface area (Å²) in [5.74, 6) is 0. The van der Waals surface area contributed by atoms with Gasteiger partial charge in [-0.25, -0.2) is 4.79 Å². The number of pyridine rings is 1. The summed E-state index contributed by atoms with van der Waals surface area (Å²) in [5.41, 5.74) is -0.824. The lowest BCUT2D eigenvalue weighted by Crippen LogP contribution is -2.33. The van der Waals surface area contributed by atoms with Crippen LogP contribution in [0.3, 0.4) is 0 Å². The number of carbonyl (C=O) groups excluding carboxylic acids is 1. The number of carbonyl (C=O) groups is 1. The number of aryl methyl sites for hydroxylation is 1. The van der Waals surface area contributed by atoms with E-state index in [1.165, 1.54) is 11.8 Å². The van der Waals surface area contributed by atoms with Crippen LogP contribution >= 0.6 is 11.8 Å². The normalized spacial score (nSPS) is 13.5. The van der Waals surface area contributed by atoms with Gasteiger partial charge in [0.05, 0.1) is 14.8 Å². The van der Waals surface area contributed by atoms with E-state index in [0.717, 1.165) is 0 Å². The highest BCUT2D eigenvalue weighted by molar-refractivity contribution is 7.98. The van der Waals surface area contributed by atoms with E-state index in [1.807, 2.05) is 0 Å². The van der Waals surface area contributed by atoms with Gasteiger partial charge < -0.3 is 15.0 Å². The second-order valence-corrected chi connectivity index (χ2v) is 5.82. The van der Waals surface area contributed by atoms with E-state index in [1.54, 1.807) is 40.0 Å². The number of aromatic nitrogens is 1. The third-order valence-corrected chi connectivity index (χ3v) is 2.80. The number of hydrogen-bond acceptors (Lipinski definition) is 4. The number of amides is 1. The minimum Gasteiger partial charge on any atom is -0.444 e. The van der Waals surface area contributed by atoms with Crippen LogP contribution in [0.4, 0.5) is 4.79 Å². The molecule has 0 atom stereocenters. The first-order valence-electron chi connectivity index (χ1n) is 6.76. The molecule has 0 aliphatic heterocycles. The van der Waals surface area contributed by atoms with Crippen LogP contribution in [0.25, 0.3) is 0 Å². The molecule has 6 heteroatoms.